The summed E-state index contributed by atoms with van der Waals surface area (Å²) in [5, 5.41) is 10.7. The Morgan fingerprint density at radius 3 is 2.31 bits per heavy atom. The van der Waals surface area contributed by atoms with Gasteiger partial charge in [0, 0.05) is 31.4 Å². The summed E-state index contributed by atoms with van der Waals surface area (Å²) in [4.78, 5) is 25.7. The van der Waals surface area contributed by atoms with Crippen molar-refractivity contribution in [2.24, 2.45) is 0 Å². The molecule has 0 aromatic heterocycles. The number of carbonyl (C=O) groups is 1. The van der Waals surface area contributed by atoms with Crippen LogP contribution in [0.15, 0.2) is 48.5 Å². The average molecular weight is 361 g/mol. The molecule has 2 aromatic carbocycles. The van der Waals surface area contributed by atoms with Crippen LogP contribution in [0.1, 0.15) is 0 Å². The fraction of sp³-hybridized carbons (Fsp3) is 0.278. The lowest BCUT2D eigenvalue weighted by Crippen LogP contribution is -2.38. The molecule has 0 spiro atoms. The van der Waals surface area contributed by atoms with Crippen LogP contribution in [-0.2, 0) is 4.79 Å². The van der Waals surface area contributed by atoms with Crippen LogP contribution in [0.25, 0.3) is 0 Å². The molecule has 2 aromatic rings. The molecule has 1 amide bonds. The second-order valence-corrected chi connectivity index (χ2v) is 5.77. The summed E-state index contributed by atoms with van der Waals surface area (Å²) < 4.78 is 18.3. The first-order chi connectivity index (χ1) is 12.4. The molecule has 0 unspecified atom stereocenters. The van der Waals surface area contributed by atoms with Crippen molar-refractivity contribution in [3.05, 3.63) is 64.5 Å². The van der Waals surface area contributed by atoms with Crippen LogP contribution in [0.2, 0.25) is 0 Å². The number of rotatable bonds is 8. The summed E-state index contributed by atoms with van der Waals surface area (Å²) >= 11 is 0. The molecule has 0 saturated heterocycles. The van der Waals surface area contributed by atoms with Crippen molar-refractivity contribution in [1.29, 1.82) is 0 Å². The number of benzene rings is 2. The van der Waals surface area contributed by atoms with Gasteiger partial charge in [-0.2, -0.15) is 0 Å². The van der Waals surface area contributed by atoms with Gasteiger partial charge < -0.3 is 9.64 Å². The zero-order chi connectivity index (χ0) is 19.1. The van der Waals surface area contributed by atoms with Gasteiger partial charge in [-0.25, -0.2) is 4.39 Å². The van der Waals surface area contributed by atoms with Crippen LogP contribution in [-0.4, -0.2) is 49.5 Å². The van der Waals surface area contributed by atoms with Gasteiger partial charge >= 0.3 is 0 Å². The summed E-state index contributed by atoms with van der Waals surface area (Å²) in [5.74, 6) is 0.0894. The number of ether oxygens (including phenoxy) is 1. The van der Waals surface area contributed by atoms with Gasteiger partial charge in [-0.3, -0.25) is 19.8 Å². The van der Waals surface area contributed by atoms with Gasteiger partial charge in [-0.15, -0.1) is 0 Å². The minimum absolute atomic E-state index is 0.0235. The zero-order valence-corrected chi connectivity index (χ0v) is 14.6. The lowest BCUT2D eigenvalue weighted by Gasteiger charge is -2.22. The number of non-ortho nitro benzene ring substituents is 1. The van der Waals surface area contributed by atoms with E-state index in [1.807, 2.05) is 0 Å². The molecule has 8 heteroatoms. The number of hydrogen-bond donors (Lipinski definition) is 0. The van der Waals surface area contributed by atoms with Crippen LogP contribution >= 0.6 is 0 Å². The molecule has 0 saturated carbocycles. The second-order valence-electron chi connectivity index (χ2n) is 5.77. The molecule has 0 atom stereocenters. The van der Waals surface area contributed by atoms with E-state index in [-0.39, 0.29) is 24.0 Å². The van der Waals surface area contributed by atoms with Crippen LogP contribution < -0.4 is 9.64 Å². The molecular weight excluding hydrogens is 341 g/mol. The van der Waals surface area contributed by atoms with Crippen LogP contribution in [0.3, 0.4) is 0 Å². The number of nitro benzene ring substituents is 1. The number of amides is 1. The van der Waals surface area contributed by atoms with E-state index in [1.165, 1.54) is 41.3 Å². The number of anilines is 1. The molecule has 0 radical (unpaired) electrons. The Morgan fingerprint density at radius 2 is 1.73 bits per heavy atom. The Morgan fingerprint density at radius 1 is 1.12 bits per heavy atom. The summed E-state index contributed by atoms with van der Waals surface area (Å²) in [7, 11) is 3.40. The number of carbonyl (C=O) groups excluding carboxylic acids is 1. The summed E-state index contributed by atoms with van der Waals surface area (Å²) in [6.45, 7) is 1.04. The third-order valence-corrected chi connectivity index (χ3v) is 3.78. The maximum atomic E-state index is 12.8. The minimum atomic E-state index is -0.486. The number of nitro groups is 1. The van der Waals surface area contributed by atoms with E-state index < -0.39 is 4.92 Å². The van der Waals surface area contributed by atoms with Crippen molar-refractivity contribution in [3.8, 4) is 5.75 Å². The molecule has 0 bridgehead atoms. The van der Waals surface area contributed by atoms with Crippen molar-refractivity contribution in [1.82, 2.24) is 4.90 Å². The van der Waals surface area contributed by atoms with Gasteiger partial charge in [-0.1, -0.05) is 0 Å². The monoisotopic (exact) mass is 361 g/mol. The Kier molecular flexibility index (Phi) is 6.62. The Hall–Kier alpha value is -3.00. The Balaban J connectivity index is 1.79. The Bertz CT molecular complexity index is 750. The number of hydrogen-bond acceptors (Lipinski definition) is 5. The highest BCUT2D eigenvalue weighted by atomic mass is 19.1. The average Bonchev–Trinajstić information content (AvgIpc) is 2.62. The topological polar surface area (TPSA) is 75.9 Å². The molecule has 0 heterocycles. The van der Waals surface area contributed by atoms with E-state index in [4.69, 9.17) is 4.74 Å². The first-order valence-electron chi connectivity index (χ1n) is 7.95. The maximum Gasteiger partial charge on any atom is 0.269 e. The van der Waals surface area contributed by atoms with E-state index in [0.717, 1.165) is 0 Å². The molecule has 0 aliphatic rings. The third-order valence-electron chi connectivity index (χ3n) is 3.78. The lowest BCUT2D eigenvalue weighted by atomic mass is 10.2. The van der Waals surface area contributed by atoms with Crippen molar-refractivity contribution < 1.29 is 18.8 Å². The van der Waals surface area contributed by atoms with Crippen molar-refractivity contribution in [3.63, 3.8) is 0 Å². The normalized spacial score (nSPS) is 10.6. The largest absolute Gasteiger partial charge is 0.492 e. The van der Waals surface area contributed by atoms with E-state index in [0.29, 0.717) is 24.6 Å². The summed E-state index contributed by atoms with van der Waals surface area (Å²) in [6, 6.07) is 11.5. The van der Waals surface area contributed by atoms with Crippen molar-refractivity contribution in [2.45, 2.75) is 0 Å². The van der Waals surface area contributed by atoms with Crippen molar-refractivity contribution >= 4 is 17.3 Å². The zero-order valence-electron chi connectivity index (χ0n) is 14.6. The standard InChI is InChI=1S/C18H20FN3O4/c1-20(11-12-26-17-9-3-14(19)4-10-17)13-18(23)21(2)15-5-7-16(8-6-15)22(24)25/h3-10H,11-13H2,1-2H3. The fourth-order valence-corrected chi connectivity index (χ4v) is 2.21. The molecule has 0 N–H and O–H groups in total. The molecule has 0 aliphatic carbocycles. The highest BCUT2D eigenvalue weighted by Crippen LogP contribution is 2.18. The predicted octanol–water partition coefficient (Wildman–Crippen LogP) is 2.71. The van der Waals surface area contributed by atoms with E-state index in [2.05, 4.69) is 0 Å². The first kappa shape index (κ1) is 19.3. The molecule has 7 nitrogen and oxygen atoms in total. The third kappa shape index (κ3) is 5.52. The summed E-state index contributed by atoms with van der Waals surface area (Å²) in [6.07, 6.45) is 0. The quantitative estimate of drug-likeness (QED) is 0.534. The SMILES string of the molecule is CN(CCOc1ccc(F)cc1)CC(=O)N(C)c1ccc([N+](=O)[O-])cc1. The highest BCUT2D eigenvalue weighted by molar-refractivity contribution is 5.94. The van der Waals surface area contributed by atoms with Crippen molar-refractivity contribution in [2.75, 3.05) is 38.7 Å². The second kappa shape index (κ2) is 8.91. The van der Waals surface area contributed by atoms with Crippen LogP contribution in [0, 0.1) is 15.9 Å². The molecular formula is C18H20FN3O4. The van der Waals surface area contributed by atoms with Crippen LogP contribution in [0.5, 0.6) is 5.75 Å². The van der Waals surface area contributed by atoms with Gasteiger partial charge in [0.05, 0.1) is 11.5 Å². The van der Waals surface area contributed by atoms with E-state index in [1.54, 1.807) is 31.1 Å². The number of halogens is 1. The van der Waals surface area contributed by atoms with Gasteiger partial charge in [0.2, 0.25) is 5.91 Å². The molecule has 2 rings (SSSR count). The fourth-order valence-electron chi connectivity index (χ4n) is 2.21. The number of nitrogens with zero attached hydrogens (tertiary/aromatic N) is 3. The molecule has 138 valence electrons. The first-order valence-corrected chi connectivity index (χ1v) is 7.95. The molecule has 26 heavy (non-hydrogen) atoms. The van der Waals surface area contributed by atoms with Gasteiger partial charge in [0.15, 0.2) is 0 Å². The predicted molar refractivity (Wildman–Crippen MR) is 95.9 cm³/mol. The smallest absolute Gasteiger partial charge is 0.269 e. The maximum absolute atomic E-state index is 12.8. The van der Waals surface area contributed by atoms with E-state index in [9.17, 15) is 19.3 Å². The molecule has 0 aliphatic heterocycles. The number of likely N-dealkylation sites (N-methyl/N-ethyl adjacent to an activating group) is 2. The van der Waals surface area contributed by atoms with Gasteiger partial charge in [-0.05, 0) is 43.4 Å². The van der Waals surface area contributed by atoms with Crippen LogP contribution in [0.4, 0.5) is 15.8 Å². The summed E-state index contributed by atoms with van der Waals surface area (Å²) in [5.41, 5.74) is 0.557. The minimum Gasteiger partial charge on any atom is -0.492 e. The lowest BCUT2D eigenvalue weighted by molar-refractivity contribution is -0.384. The van der Waals surface area contributed by atoms with E-state index >= 15 is 0 Å². The molecule has 0 fully saturated rings. The van der Waals surface area contributed by atoms with Gasteiger partial charge in [0.1, 0.15) is 18.2 Å². The highest BCUT2D eigenvalue weighted by Gasteiger charge is 2.14. The van der Waals surface area contributed by atoms with Gasteiger partial charge in [0.25, 0.3) is 5.69 Å². The Labute approximate surface area is 150 Å².